The van der Waals surface area contributed by atoms with Gasteiger partial charge < -0.3 is 14.4 Å². The Morgan fingerprint density at radius 3 is 2.93 bits per heavy atom. The van der Waals surface area contributed by atoms with Crippen LogP contribution in [0.1, 0.15) is 17.4 Å². The van der Waals surface area contributed by atoms with Gasteiger partial charge in [-0.15, -0.1) is 16.4 Å². The van der Waals surface area contributed by atoms with E-state index in [0.717, 1.165) is 35.4 Å². The van der Waals surface area contributed by atoms with Crippen LogP contribution in [0, 0.1) is 0 Å². The Morgan fingerprint density at radius 1 is 1.27 bits per heavy atom. The summed E-state index contributed by atoms with van der Waals surface area (Å²) in [5, 5.41) is 5.61. The summed E-state index contributed by atoms with van der Waals surface area (Å²) in [5.74, 6) is 0.689. The van der Waals surface area contributed by atoms with E-state index in [-0.39, 0.29) is 11.5 Å². The van der Waals surface area contributed by atoms with Crippen LogP contribution < -0.4 is 9.47 Å². The summed E-state index contributed by atoms with van der Waals surface area (Å²) in [6.07, 6.45) is 2.61. The first kappa shape index (κ1) is 19.1. The van der Waals surface area contributed by atoms with Crippen LogP contribution in [0.25, 0.3) is 27.3 Å². The number of hydrogen-bond donors (Lipinski definition) is 0. The summed E-state index contributed by atoms with van der Waals surface area (Å²) >= 11 is 1.70. The summed E-state index contributed by atoms with van der Waals surface area (Å²) in [6.45, 7) is 1.08. The molecule has 0 amide bonds. The maximum atomic E-state index is 12.7. The van der Waals surface area contributed by atoms with Crippen molar-refractivity contribution >= 4 is 27.2 Å². The van der Waals surface area contributed by atoms with E-state index < -0.39 is 6.61 Å². The largest absolute Gasteiger partial charge is 0.490 e. The topological polar surface area (TPSA) is 64.8 Å². The molecule has 0 radical (unpaired) electrons. The van der Waals surface area contributed by atoms with Crippen molar-refractivity contribution in [2.75, 3.05) is 20.2 Å². The number of rotatable bonds is 5. The first-order valence-corrected chi connectivity index (χ1v) is 10.4. The van der Waals surface area contributed by atoms with E-state index in [1.807, 2.05) is 0 Å². The fraction of sp³-hybridized carbons (Fsp3) is 0.350. The Kier molecular flexibility index (Phi) is 4.75. The van der Waals surface area contributed by atoms with Crippen molar-refractivity contribution in [3.8, 4) is 22.9 Å². The predicted octanol–water partition coefficient (Wildman–Crippen LogP) is 3.99. The average molecular weight is 431 g/mol. The third-order valence-corrected chi connectivity index (χ3v) is 6.21. The van der Waals surface area contributed by atoms with Gasteiger partial charge in [0.05, 0.1) is 12.0 Å². The van der Waals surface area contributed by atoms with Gasteiger partial charge in [-0.2, -0.15) is 8.78 Å². The molecule has 3 aromatic heterocycles. The molecule has 0 unspecified atom stereocenters. The number of benzene rings is 1. The molecule has 156 valence electrons. The highest BCUT2D eigenvalue weighted by Crippen LogP contribution is 2.37. The summed E-state index contributed by atoms with van der Waals surface area (Å²) in [4.78, 5) is 13.9. The molecule has 1 aromatic carbocycles. The van der Waals surface area contributed by atoms with Crippen molar-refractivity contribution < 1.29 is 18.3 Å². The highest BCUT2D eigenvalue weighted by atomic mass is 32.1. The minimum Gasteiger partial charge on any atom is -0.490 e. The fourth-order valence-corrected chi connectivity index (χ4v) is 5.01. The lowest BCUT2D eigenvalue weighted by Gasteiger charge is -2.21. The third-order valence-electron chi connectivity index (χ3n) is 5.09. The van der Waals surface area contributed by atoms with Crippen LogP contribution in [0.5, 0.6) is 11.5 Å². The number of alkyl halides is 2. The first-order valence-electron chi connectivity index (χ1n) is 9.59. The van der Waals surface area contributed by atoms with Crippen LogP contribution >= 0.6 is 11.3 Å². The molecule has 4 heterocycles. The number of likely N-dealkylation sites (N-methyl/N-ethyl adjacent to an activating group) is 1. The van der Waals surface area contributed by atoms with Gasteiger partial charge in [0.1, 0.15) is 11.2 Å². The second kappa shape index (κ2) is 7.44. The van der Waals surface area contributed by atoms with Crippen LogP contribution in [-0.2, 0) is 13.0 Å². The van der Waals surface area contributed by atoms with Crippen molar-refractivity contribution in [1.82, 2.24) is 24.5 Å². The van der Waals surface area contributed by atoms with Crippen molar-refractivity contribution in [2.45, 2.75) is 26.5 Å². The highest BCUT2D eigenvalue weighted by Gasteiger charge is 2.23. The molecule has 5 rings (SSSR count). The van der Waals surface area contributed by atoms with Crippen molar-refractivity contribution in [2.24, 2.45) is 0 Å². The van der Waals surface area contributed by atoms with Crippen molar-refractivity contribution in [1.29, 1.82) is 0 Å². The quantitative estimate of drug-likeness (QED) is 0.476. The number of halogens is 2. The molecule has 30 heavy (non-hydrogen) atoms. The van der Waals surface area contributed by atoms with Gasteiger partial charge in [-0.1, -0.05) is 0 Å². The van der Waals surface area contributed by atoms with Crippen molar-refractivity contribution in [3.05, 3.63) is 35.0 Å². The number of aromatic nitrogens is 4. The van der Waals surface area contributed by atoms with Crippen LogP contribution in [0.15, 0.2) is 24.5 Å². The van der Waals surface area contributed by atoms with E-state index in [1.54, 1.807) is 41.2 Å². The number of fused-ring (bicyclic) bond motifs is 5. The molecule has 0 saturated carbocycles. The molecular formula is C20H19F2N5O2S. The molecule has 4 aromatic rings. The van der Waals surface area contributed by atoms with Gasteiger partial charge >= 0.3 is 6.61 Å². The standard InChI is InChI=1S/C20H19F2N5O2S/c1-3-28-14-8-11(4-5-13(14)29-20(21)22)17-24-18-16-12-6-7-26(2)9-15(12)30-19(16)23-10-27(18)25-17/h4-5,8,10,20H,3,6-7,9H2,1-2H3. The molecule has 0 atom stereocenters. The molecule has 7 nitrogen and oxygen atoms in total. The minimum absolute atomic E-state index is 0.0144. The molecule has 1 aliphatic rings. The molecule has 10 heteroatoms. The van der Waals surface area contributed by atoms with Crippen LogP contribution in [0.3, 0.4) is 0 Å². The van der Waals surface area contributed by atoms with Crippen LogP contribution in [-0.4, -0.2) is 51.3 Å². The zero-order chi connectivity index (χ0) is 20.8. The van der Waals surface area contributed by atoms with Gasteiger partial charge in [0.2, 0.25) is 0 Å². The van der Waals surface area contributed by atoms with Gasteiger partial charge in [-0.25, -0.2) is 14.5 Å². The normalized spacial score (nSPS) is 14.6. The first-order chi connectivity index (χ1) is 14.5. The molecule has 0 fully saturated rings. The maximum absolute atomic E-state index is 12.7. The van der Waals surface area contributed by atoms with E-state index in [0.29, 0.717) is 18.0 Å². The molecule has 0 aliphatic carbocycles. The van der Waals surface area contributed by atoms with E-state index in [9.17, 15) is 8.78 Å². The number of nitrogens with zero attached hydrogens (tertiary/aromatic N) is 5. The predicted molar refractivity (Wildman–Crippen MR) is 109 cm³/mol. The van der Waals surface area contributed by atoms with E-state index in [2.05, 4.69) is 26.8 Å². The fourth-order valence-electron chi connectivity index (χ4n) is 3.75. The summed E-state index contributed by atoms with van der Waals surface area (Å²) in [6, 6.07) is 4.73. The Hall–Kier alpha value is -2.85. The lowest BCUT2D eigenvalue weighted by atomic mass is 10.1. The lowest BCUT2D eigenvalue weighted by Crippen LogP contribution is -2.25. The third kappa shape index (κ3) is 3.25. The van der Waals surface area contributed by atoms with Crippen LogP contribution in [0.2, 0.25) is 0 Å². The minimum atomic E-state index is -2.92. The molecule has 0 spiro atoms. The number of ether oxygens (including phenoxy) is 2. The zero-order valence-corrected chi connectivity index (χ0v) is 17.2. The Balaban J connectivity index is 1.61. The average Bonchev–Trinajstić information content (AvgIpc) is 3.29. The van der Waals surface area contributed by atoms with Crippen molar-refractivity contribution in [3.63, 3.8) is 0 Å². The molecule has 0 N–H and O–H groups in total. The molecule has 0 bridgehead atoms. The SMILES string of the molecule is CCOc1cc(-c2nc3c4c5c(sc4ncn3n2)CN(C)CC5)ccc1OC(F)F. The van der Waals surface area contributed by atoms with Gasteiger partial charge in [-0.3, -0.25) is 0 Å². The number of hydrogen-bond acceptors (Lipinski definition) is 7. The lowest BCUT2D eigenvalue weighted by molar-refractivity contribution is -0.0514. The second-order valence-corrected chi connectivity index (χ2v) is 8.18. The monoisotopic (exact) mass is 431 g/mol. The maximum Gasteiger partial charge on any atom is 0.387 e. The summed E-state index contributed by atoms with van der Waals surface area (Å²) in [7, 11) is 2.11. The number of thiophene rings is 1. The summed E-state index contributed by atoms with van der Waals surface area (Å²) < 4.78 is 37.0. The smallest absolute Gasteiger partial charge is 0.387 e. The van der Waals surface area contributed by atoms with Gasteiger partial charge in [0, 0.05) is 23.5 Å². The van der Waals surface area contributed by atoms with Gasteiger partial charge in [0.25, 0.3) is 0 Å². The zero-order valence-electron chi connectivity index (χ0n) is 16.4. The second-order valence-electron chi connectivity index (χ2n) is 7.09. The Bertz CT molecular complexity index is 1240. The van der Waals surface area contributed by atoms with Gasteiger partial charge in [0.15, 0.2) is 23.0 Å². The van der Waals surface area contributed by atoms with E-state index >= 15 is 0 Å². The van der Waals surface area contributed by atoms with Crippen LogP contribution in [0.4, 0.5) is 8.78 Å². The molecular weight excluding hydrogens is 412 g/mol. The highest BCUT2D eigenvalue weighted by molar-refractivity contribution is 7.19. The van der Waals surface area contributed by atoms with E-state index in [1.165, 1.54) is 16.5 Å². The molecule has 1 aliphatic heterocycles. The van der Waals surface area contributed by atoms with E-state index in [4.69, 9.17) is 9.72 Å². The molecule has 0 saturated heterocycles. The Labute approximate surface area is 174 Å². The van der Waals surface area contributed by atoms with Gasteiger partial charge in [-0.05, 0) is 44.2 Å². The summed E-state index contributed by atoms with van der Waals surface area (Å²) in [5.41, 5.74) is 2.70. The Morgan fingerprint density at radius 2 is 2.13 bits per heavy atom.